The van der Waals surface area contributed by atoms with Crippen molar-refractivity contribution in [2.45, 2.75) is 44.8 Å². The van der Waals surface area contributed by atoms with E-state index in [9.17, 15) is 4.79 Å². The summed E-state index contributed by atoms with van der Waals surface area (Å²) in [5.41, 5.74) is 2.06. The van der Waals surface area contributed by atoms with Crippen LogP contribution in [0.3, 0.4) is 0 Å². The maximum atomic E-state index is 12.4. The Morgan fingerprint density at radius 1 is 1.28 bits per heavy atom. The second kappa shape index (κ2) is 6.67. The largest absolute Gasteiger partial charge is 0.331 e. The fourth-order valence-corrected chi connectivity index (χ4v) is 4.11. The third kappa shape index (κ3) is 3.11. The van der Waals surface area contributed by atoms with E-state index in [0.29, 0.717) is 18.6 Å². The number of nitrogens with zero attached hydrogens (tertiary/aromatic N) is 4. The van der Waals surface area contributed by atoms with Gasteiger partial charge in [-0.25, -0.2) is 9.78 Å². The van der Waals surface area contributed by atoms with E-state index in [1.54, 1.807) is 0 Å². The number of hydrogen-bond acceptors (Lipinski definition) is 3. The molecule has 2 saturated heterocycles. The van der Waals surface area contributed by atoms with Crippen LogP contribution < -0.4 is 5.32 Å². The quantitative estimate of drug-likeness (QED) is 0.932. The number of carbonyl (C=O) groups is 1. The van der Waals surface area contributed by atoms with E-state index in [0.717, 1.165) is 29.9 Å². The summed E-state index contributed by atoms with van der Waals surface area (Å²) in [6.45, 7) is 5.65. The lowest BCUT2D eigenvalue weighted by Crippen LogP contribution is -2.65. The number of aromatic nitrogens is 2. The Hall–Kier alpha value is -2.08. The highest BCUT2D eigenvalue weighted by atomic mass is 16.2. The van der Waals surface area contributed by atoms with Crippen LogP contribution in [0.25, 0.3) is 11.0 Å². The Bertz CT molecular complexity index is 764. The Morgan fingerprint density at radius 2 is 2.08 bits per heavy atom. The molecule has 3 heterocycles. The first-order chi connectivity index (χ1) is 12.1. The molecular weight excluding hydrogens is 314 g/mol. The number of hydrogen-bond donors (Lipinski definition) is 1. The molecule has 0 unspecified atom stereocenters. The Balaban J connectivity index is 1.30. The van der Waals surface area contributed by atoms with Gasteiger partial charge in [-0.05, 0) is 38.4 Å². The molecule has 0 spiro atoms. The molecule has 0 saturated carbocycles. The molecule has 1 N–H and O–H groups in total. The molecule has 0 radical (unpaired) electrons. The average Bonchev–Trinajstić information content (AvgIpc) is 2.90. The molecule has 1 atom stereocenters. The molecule has 2 aliphatic heterocycles. The molecular formula is C19H27N5O. The van der Waals surface area contributed by atoms with E-state index in [1.807, 2.05) is 40.8 Å². The fraction of sp³-hybridized carbons (Fsp3) is 0.579. The van der Waals surface area contributed by atoms with Gasteiger partial charge in [-0.2, -0.15) is 0 Å². The molecule has 134 valence electrons. The highest BCUT2D eigenvalue weighted by molar-refractivity contribution is 5.77. The van der Waals surface area contributed by atoms with Gasteiger partial charge in [0.2, 0.25) is 0 Å². The van der Waals surface area contributed by atoms with Crippen LogP contribution in [0.1, 0.15) is 32.0 Å². The summed E-state index contributed by atoms with van der Waals surface area (Å²) in [6.07, 6.45) is 3.92. The number of urea groups is 1. The molecule has 0 bridgehead atoms. The third-order valence-corrected chi connectivity index (χ3v) is 5.75. The minimum absolute atomic E-state index is 0.0213. The number of imidazole rings is 1. The second-order valence-corrected chi connectivity index (χ2v) is 7.38. The van der Waals surface area contributed by atoms with Gasteiger partial charge in [0, 0.05) is 32.2 Å². The third-order valence-electron chi connectivity index (χ3n) is 5.75. The highest BCUT2D eigenvalue weighted by Crippen LogP contribution is 2.24. The number of carbonyl (C=O) groups excluding carboxylic acids is 1. The van der Waals surface area contributed by atoms with E-state index in [1.165, 1.54) is 25.8 Å². The minimum atomic E-state index is 0.0213. The number of nitrogens with one attached hydrogen (secondary N) is 1. The Labute approximate surface area is 148 Å². The molecule has 25 heavy (non-hydrogen) atoms. The van der Waals surface area contributed by atoms with Gasteiger partial charge in [0.25, 0.3) is 0 Å². The number of aryl methyl sites for hydroxylation is 1. The molecule has 2 aromatic rings. The van der Waals surface area contributed by atoms with Gasteiger partial charge in [-0.1, -0.05) is 18.6 Å². The molecule has 2 fully saturated rings. The lowest BCUT2D eigenvalue weighted by Gasteiger charge is -2.49. The molecule has 4 rings (SSSR count). The van der Waals surface area contributed by atoms with Crippen LogP contribution in [0.2, 0.25) is 0 Å². The maximum Gasteiger partial charge on any atom is 0.317 e. The van der Waals surface area contributed by atoms with Crippen LogP contribution in [0, 0.1) is 0 Å². The lowest BCUT2D eigenvalue weighted by molar-refractivity contribution is 0.0168. The van der Waals surface area contributed by atoms with Crippen molar-refractivity contribution < 1.29 is 4.79 Å². The summed E-state index contributed by atoms with van der Waals surface area (Å²) in [7, 11) is 1.99. The summed E-state index contributed by atoms with van der Waals surface area (Å²) in [5, 5.41) is 3.02. The van der Waals surface area contributed by atoms with Gasteiger partial charge in [0.1, 0.15) is 5.82 Å². The number of rotatable bonds is 3. The van der Waals surface area contributed by atoms with Crippen molar-refractivity contribution in [1.29, 1.82) is 0 Å². The number of amides is 2. The molecule has 2 aliphatic rings. The van der Waals surface area contributed by atoms with Crippen molar-refractivity contribution in [3.63, 3.8) is 0 Å². The van der Waals surface area contributed by atoms with Gasteiger partial charge >= 0.3 is 6.03 Å². The normalized spacial score (nSPS) is 22.2. The first kappa shape index (κ1) is 16.4. The van der Waals surface area contributed by atoms with Crippen LogP contribution in [0.15, 0.2) is 24.3 Å². The van der Waals surface area contributed by atoms with E-state index in [4.69, 9.17) is 0 Å². The summed E-state index contributed by atoms with van der Waals surface area (Å²) >= 11 is 0. The van der Waals surface area contributed by atoms with Crippen molar-refractivity contribution in [3.8, 4) is 0 Å². The Kier molecular flexibility index (Phi) is 4.37. The first-order valence-electron chi connectivity index (χ1n) is 9.32. The second-order valence-electron chi connectivity index (χ2n) is 7.38. The van der Waals surface area contributed by atoms with Crippen molar-refractivity contribution in [1.82, 2.24) is 24.7 Å². The highest BCUT2D eigenvalue weighted by Gasteiger charge is 2.37. The van der Waals surface area contributed by atoms with Gasteiger partial charge in [0.15, 0.2) is 0 Å². The minimum Gasteiger partial charge on any atom is -0.331 e. The van der Waals surface area contributed by atoms with Crippen molar-refractivity contribution in [2.75, 3.05) is 19.6 Å². The van der Waals surface area contributed by atoms with Crippen molar-refractivity contribution in [2.24, 2.45) is 7.05 Å². The summed E-state index contributed by atoms with van der Waals surface area (Å²) in [6, 6.07) is 9.26. The number of likely N-dealkylation sites (tertiary alicyclic amines) is 2. The monoisotopic (exact) mass is 341 g/mol. The van der Waals surface area contributed by atoms with Crippen LogP contribution in [-0.2, 0) is 13.6 Å². The fourth-order valence-electron chi connectivity index (χ4n) is 4.11. The Morgan fingerprint density at radius 3 is 2.84 bits per heavy atom. The number of benzene rings is 1. The molecule has 6 heteroatoms. The summed E-state index contributed by atoms with van der Waals surface area (Å²) in [4.78, 5) is 21.5. The topological polar surface area (TPSA) is 53.4 Å². The lowest BCUT2D eigenvalue weighted by atomic mass is 9.98. The van der Waals surface area contributed by atoms with Gasteiger partial charge in [-0.3, -0.25) is 4.90 Å². The predicted octanol–water partition coefficient (Wildman–Crippen LogP) is 2.34. The first-order valence-corrected chi connectivity index (χ1v) is 9.32. The summed E-state index contributed by atoms with van der Waals surface area (Å²) in [5.74, 6) is 0.885. The maximum absolute atomic E-state index is 12.4. The van der Waals surface area contributed by atoms with Crippen LogP contribution >= 0.6 is 0 Å². The van der Waals surface area contributed by atoms with E-state index >= 15 is 0 Å². The van der Waals surface area contributed by atoms with E-state index in [-0.39, 0.29) is 6.03 Å². The zero-order chi connectivity index (χ0) is 17.4. The molecule has 6 nitrogen and oxygen atoms in total. The average molecular weight is 341 g/mol. The molecule has 1 aromatic carbocycles. The predicted molar refractivity (Wildman–Crippen MR) is 98.3 cm³/mol. The van der Waals surface area contributed by atoms with E-state index < -0.39 is 0 Å². The standard InChI is InChI=1S/C19H27N5O/c1-14-7-5-6-10-24(14)15-12-23(13-15)19(25)20-11-18-21-16-8-3-4-9-17(16)22(18)2/h3-4,8-9,14-15H,5-7,10-13H2,1-2H3,(H,20,25)/t14-/m0/s1. The molecule has 2 amide bonds. The summed E-state index contributed by atoms with van der Waals surface area (Å²) < 4.78 is 2.05. The number of fused-ring (bicyclic) bond motifs is 1. The van der Waals surface area contributed by atoms with Gasteiger partial charge < -0.3 is 14.8 Å². The smallest absolute Gasteiger partial charge is 0.317 e. The number of piperidine rings is 1. The zero-order valence-electron chi connectivity index (χ0n) is 15.1. The molecule has 1 aromatic heterocycles. The molecule has 0 aliphatic carbocycles. The van der Waals surface area contributed by atoms with Gasteiger partial charge in [0.05, 0.1) is 17.6 Å². The number of para-hydroxylation sites is 2. The van der Waals surface area contributed by atoms with Crippen molar-refractivity contribution >= 4 is 17.1 Å². The van der Waals surface area contributed by atoms with Crippen molar-refractivity contribution in [3.05, 3.63) is 30.1 Å². The van der Waals surface area contributed by atoms with E-state index in [2.05, 4.69) is 22.1 Å². The van der Waals surface area contributed by atoms with Crippen LogP contribution in [-0.4, -0.2) is 57.1 Å². The van der Waals surface area contributed by atoms with Gasteiger partial charge in [-0.15, -0.1) is 0 Å². The van der Waals surface area contributed by atoms with Crippen LogP contribution in [0.5, 0.6) is 0 Å². The SMILES string of the molecule is C[C@H]1CCCCN1C1CN(C(=O)NCc2nc3ccccc3n2C)C1. The zero-order valence-corrected chi connectivity index (χ0v) is 15.1. The van der Waals surface area contributed by atoms with Crippen LogP contribution in [0.4, 0.5) is 4.79 Å².